The van der Waals surface area contributed by atoms with Gasteiger partial charge in [-0.25, -0.2) is 22.8 Å². The van der Waals surface area contributed by atoms with Crippen molar-refractivity contribution in [2.75, 3.05) is 18.1 Å². The Hall–Kier alpha value is -3.17. The normalized spacial score (nSPS) is 20.2. The molecule has 1 aromatic heterocycles. The fourth-order valence-corrected chi connectivity index (χ4v) is 4.90. The standard InChI is InChI=1S/C19H20FN5O5S/c1-11-12(2)30-9-8-24(11)19-18(25(26)27)17(22-13(3)23-19)16(10-21)31(28,29)15-7-5-4-6-14(15)20/h4-7,11-12,16H,8-9H2,1-3H3/t11-,12+,16?/m0/s1. The molecule has 31 heavy (non-hydrogen) atoms. The summed E-state index contributed by atoms with van der Waals surface area (Å²) in [5.74, 6) is -1.11. The predicted molar refractivity (Wildman–Crippen MR) is 108 cm³/mol. The van der Waals surface area contributed by atoms with Crippen LogP contribution in [-0.4, -0.2) is 48.6 Å². The number of nitriles is 1. The zero-order chi connectivity index (χ0) is 22.9. The number of anilines is 1. The van der Waals surface area contributed by atoms with Gasteiger partial charge < -0.3 is 9.64 Å². The molecule has 2 aromatic rings. The molecule has 1 saturated heterocycles. The highest BCUT2D eigenvalue weighted by molar-refractivity contribution is 7.92. The van der Waals surface area contributed by atoms with Crippen molar-refractivity contribution in [3.8, 4) is 6.07 Å². The number of nitro groups is 1. The summed E-state index contributed by atoms with van der Waals surface area (Å²) in [6, 6.07) is 5.79. The van der Waals surface area contributed by atoms with Crippen molar-refractivity contribution in [3.05, 3.63) is 51.7 Å². The van der Waals surface area contributed by atoms with Crippen LogP contribution in [-0.2, 0) is 14.6 Å². The van der Waals surface area contributed by atoms with Crippen LogP contribution in [0, 0.1) is 34.2 Å². The first-order chi connectivity index (χ1) is 14.6. The maximum atomic E-state index is 14.2. The highest BCUT2D eigenvalue weighted by Gasteiger charge is 2.42. The minimum absolute atomic E-state index is 0.0472. The molecule has 0 N–H and O–H groups in total. The van der Waals surface area contributed by atoms with Gasteiger partial charge >= 0.3 is 5.69 Å². The molecule has 0 saturated carbocycles. The lowest BCUT2D eigenvalue weighted by Gasteiger charge is -2.38. The van der Waals surface area contributed by atoms with E-state index in [0.29, 0.717) is 0 Å². The van der Waals surface area contributed by atoms with Crippen LogP contribution in [0.15, 0.2) is 29.2 Å². The molecule has 1 aliphatic rings. The second-order valence-corrected chi connectivity index (χ2v) is 9.08. The third-order valence-corrected chi connectivity index (χ3v) is 7.06. The Balaban J connectivity index is 2.25. The summed E-state index contributed by atoms with van der Waals surface area (Å²) in [5, 5.41) is 19.6. The minimum Gasteiger partial charge on any atom is -0.375 e. The van der Waals surface area contributed by atoms with E-state index in [4.69, 9.17) is 4.74 Å². The van der Waals surface area contributed by atoms with Crippen molar-refractivity contribution < 1.29 is 22.5 Å². The van der Waals surface area contributed by atoms with Gasteiger partial charge in [-0.3, -0.25) is 10.1 Å². The number of hydrogen-bond acceptors (Lipinski definition) is 9. The Morgan fingerprint density at radius 1 is 1.35 bits per heavy atom. The quantitative estimate of drug-likeness (QED) is 0.497. The van der Waals surface area contributed by atoms with Gasteiger partial charge in [0.25, 0.3) is 0 Å². The van der Waals surface area contributed by atoms with Crippen molar-refractivity contribution in [2.24, 2.45) is 0 Å². The van der Waals surface area contributed by atoms with Crippen LogP contribution >= 0.6 is 0 Å². The molecule has 1 fully saturated rings. The Bertz CT molecular complexity index is 1170. The summed E-state index contributed by atoms with van der Waals surface area (Å²) in [5.41, 5.74) is -1.29. The van der Waals surface area contributed by atoms with Crippen molar-refractivity contribution >= 4 is 21.3 Å². The van der Waals surface area contributed by atoms with Gasteiger partial charge in [-0.05, 0) is 32.9 Å². The van der Waals surface area contributed by atoms with E-state index in [0.717, 1.165) is 12.1 Å². The van der Waals surface area contributed by atoms with Gasteiger partial charge in [0.15, 0.2) is 5.69 Å². The van der Waals surface area contributed by atoms with Crippen molar-refractivity contribution in [1.82, 2.24) is 9.97 Å². The third kappa shape index (κ3) is 4.06. The number of rotatable bonds is 5. The molecule has 0 bridgehead atoms. The van der Waals surface area contributed by atoms with E-state index in [1.807, 2.05) is 0 Å². The molecule has 10 nitrogen and oxygen atoms in total. The predicted octanol–water partition coefficient (Wildman–Crippen LogP) is 2.48. The average Bonchev–Trinajstić information content (AvgIpc) is 2.70. The Kier molecular flexibility index (Phi) is 6.19. The van der Waals surface area contributed by atoms with E-state index in [1.54, 1.807) is 24.8 Å². The van der Waals surface area contributed by atoms with Gasteiger partial charge in [0.2, 0.25) is 20.9 Å². The molecule has 1 unspecified atom stereocenters. The van der Waals surface area contributed by atoms with Crippen LogP contribution in [0.3, 0.4) is 0 Å². The maximum Gasteiger partial charge on any atom is 0.335 e. The van der Waals surface area contributed by atoms with Crippen molar-refractivity contribution in [3.63, 3.8) is 0 Å². The van der Waals surface area contributed by atoms with E-state index in [9.17, 15) is 28.2 Å². The monoisotopic (exact) mass is 449 g/mol. The van der Waals surface area contributed by atoms with E-state index in [1.165, 1.54) is 19.1 Å². The van der Waals surface area contributed by atoms with Gasteiger partial charge in [0.1, 0.15) is 16.5 Å². The first kappa shape index (κ1) is 22.5. The van der Waals surface area contributed by atoms with Gasteiger partial charge in [-0.2, -0.15) is 5.26 Å². The second kappa shape index (κ2) is 8.52. The zero-order valence-electron chi connectivity index (χ0n) is 17.0. The number of halogens is 1. The van der Waals surface area contributed by atoms with Gasteiger partial charge in [-0.1, -0.05) is 12.1 Å². The summed E-state index contributed by atoms with van der Waals surface area (Å²) < 4.78 is 46.0. The van der Waals surface area contributed by atoms with Crippen LogP contribution in [0.4, 0.5) is 15.9 Å². The summed E-state index contributed by atoms with van der Waals surface area (Å²) in [4.78, 5) is 20.3. The van der Waals surface area contributed by atoms with E-state index >= 15 is 0 Å². The molecule has 164 valence electrons. The Labute approximate surface area is 178 Å². The Morgan fingerprint density at radius 2 is 2.03 bits per heavy atom. The molecule has 0 aliphatic carbocycles. The van der Waals surface area contributed by atoms with Crippen LogP contribution in [0.25, 0.3) is 0 Å². The highest BCUT2D eigenvalue weighted by atomic mass is 32.2. The van der Waals surface area contributed by atoms with Crippen LogP contribution < -0.4 is 4.90 Å². The first-order valence-electron chi connectivity index (χ1n) is 9.38. The molecule has 3 rings (SSSR count). The smallest absolute Gasteiger partial charge is 0.335 e. The number of benzene rings is 1. The fourth-order valence-electron chi connectivity index (χ4n) is 3.44. The van der Waals surface area contributed by atoms with Gasteiger partial charge in [0, 0.05) is 6.54 Å². The molecule has 2 heterocycles. The summed E-state index contributed by atoms with van der Waals surface area (Å²) >= 11 is 0. The van der Waals surface area contributed by atoms with Gasteiger partial charge in [-0.15, -0.1) is 0 Å². The highest BCUT2D eigenvalue weighted by Crippen LogP contribution is 2.39. The fraction of sp³-hybridized carbons (Fsp3) is 0.421. The number of nitrogens with zero attached hydrogens (tertiary/aromatic N) is 5. The third-order valence-electron chi connectivity index (χ3n) is 5.16. The largest absolute Gasteiger partial charge is 0.375 e. The van der Waals surface area contributed by atoms with Crippen molar-refractivity contribution in [1.29, 1.82) is 5.26 Å². The molecular formula is C19H20FN5O5S. The topological polar surface area (TPSA) is 139 Å². The average molecular weight is 449 g/mol. The number of aromatic nitrogens is 2. The van der Waals surface area contributed by atoms with Gasteiger partial charge in [0.05, 0.1) is 29.7 Å². The molecule has 3 atom stereocenters. The van der Waals surface area contributed by atoms with Crippen LogP contribution in [0.5, 0.6) is 0 Å². The number of aryl methyl sites for hydroxylation is 1. The lowest BCUT2D eigenvalue weighted by atomic mass is 10.1. The number of sulfone groups is 1. The molecular weight excluding hydrogens is 429 g/mol. The summed E-state index contributed by atoms with van der Waals surface area (Å²) in [7, 11) is -4.65. The number of ether oxygens (including phenoxy) is 1. The molecule has 1 aromatic carbocycles. The van der Waals surface area contributed by atoms with E-state index < -0.39 is 42.1 Å². The molecule has 0 spiro atoms. The molecule has 0 amide bonds. The SMILES string of the molecule is Cc1nc(C(C#N)S(=O)(=O)c2ccccc2F)c([N+](=O)[O-])c(N2CCO[C@H](C)[C@@H]2C)n1. The maximum absolute atomic E-state index is 14.2. The van der Waals surface area contributed by atoms with E-state index in [-0.39, 0.29) is 36.9 Å². The first-order valence-corrected chi connectivity index (χ1v) is 10.9. The zero-order valence-corrected chi connectivity index (χ0v) is 17.8. The summed E-state index contributed by atoms with van der Waals surface area (Å²) in [6.45, 7) is 5.60. The molecule has 1 aliphatic heterocycles. The van der Waals surface area contributed by atoms with Crippen LogP contribution in [0.1, 0.15) is 30.6 Å². The number of morpholine rings is 1. The van der Waals surface area contributed by atoms with Crippen LogP contribution in [0.2, 0.25) is 0 Å². The lowest BCUT2D eigenvalue weighted by Crippen LogP contribution is -2.49. The van der Waals surface area contributed by atoms with E-state index in [2.05, 4.69) is 9.97 Å². The number of hydrogen-bond donors (Lipinski definition) is 0. The minimum atomic E-state index is -4.65. The summed E-state index contributed by atoms with van der Waals surface area (Å²) in [6.07, 6.45) is -0.263. The molecule has 0 radical (unpaired) electrons. The Morgan fingerprint density at radius 3 is 2.65 bits per heavy atom. The van der Waals surface area contributed by atoms with Crippen molar-refractivity contribution in [2.45, 2.75) is 43.1 Å². The second-order valence-electron chi connectivity index (χ2n) is 7.08. The lowest BCUT2D eigenvalue weighted by molar-refractivity contribution is -0.385. The molecule has 12 heteroatoms.